The molecule has 0 amide bonds. The van der Waals surface area contributed by atoms with Gasteiger partial charge in [0.05, 0.1) is 0 Å². The maximum absolute atomic E-state index is 13.8. The van der Waals surface area contributed by atoms with E-state index >= 15 is 0 Å². The van der Waals surface area contributed by atoms with Crippen molar-refractivity contribution in [3.8, 4) is 10.4 Å². The SMILES string of the molecule is CCNC(c1ccc(-c2cccc(F)c2F)s1)C1CC1. The minimum Gasteiger partial charge on any atom is -0.309 e. The van der Waals surface area contributed by atoms with Gasteiger partial charge in [-0.1, -0.05) is 19.1 Å². The Balaban J connectivity index is 1.91. The molecule has 1 saturated carbocycles. The summed E-state index contributed by atoms with van der Waals surface area (Å²) < 4.78 is 27.1. The van der Waals surface area contributed by atoms with Crippen LogP contribution < -0.4 is 5.32 Å². The largest absolute Gasteiger partial charge is 0.309 e. The van der Waals surface area contributed by atoms with E-state index < -0.39 is 11.6 Å². The van der Waals surface area contributed by atoms with E-state index in [1.807, 2.05) is 12.1 Å². The van der Waals surface area contributed by atoms with Crippen LogP contribution in [0.2, 0.25) is 0 Å². The fourth-order valence-corrected chi connectivity index (χ4v) is 3.70. The molecular weight excluding hydrogens is 276 g/mol. The lowest BCUT2D eigenvalue weighted by Gasteiger charge is -2.15. The summed E-state index contributed by atoms with van der Waals surface area (Å²) in [5.41, 5.74) is 0.354. The molecule has 4 heteroatoms. The van der Waals surface area contributed by atoms with Crippen molar-refractivity contribution < 1.29 is 8.78 Å². The van der Waals surface area contributed by atoms with E-state index in [1.165, 1.54) is 17.7 Å². The summed E-state index contributed by atoms with van der Waals surface area (Å²) in [6.07, 6.45) is 2.50. The van der Waals surface area contributed by atoms with Crippen molar-refractivity contribution in [2.24, 2.45) is 5.92 Å². The molecule has 1 fully saturated rings. The highest BCUT2D eigenvalue weighted by molar-refractivity contribution is 7.15. The smallest absolute Gasteiger partial charge is 0.167 e. The molecule has 3 rings (SSSR count). The molecule has 0 radical (unpaired) electrons. The molecule has 1 nitrogen and oxygen atoms in total. The molecule has 20 heavy (non-hydrogen) atoms. The quantitative estimate of drug-likeness (QED) is 0.838. The third-order valence-corrected chi connectivity index (χ3v) is 4.87. The minimum atomic E-state index is -0.789. The summed E-state index contributed by atoms with van der Waals surface area (Å²) in [5.74, 6) is -0.853. The summed E-state index contributed by atoms with van der Waals surface area (Å²) in [4.78, 5) is 2.01. The normalized spacial score (nSPS) is 16.4. The molecule has 0 saturated heterocycles. The van der Waals surface area contributed by atoms with Crippen LogP contribution in [0.15, 0.2) is 30.3 Å². The predicted molar refractivity (Wildman–Crippen MR) is 78.8 cm³/mol. The molecule has 2 aromatic rings. The first kappa shape index (κ1) is 13.7. The van der Waals surface area contributed by atoms with Gasteiger partial charge in [0.2, 0.25) is 0 Å². The number of thiophene rings is 1. The summed E-state index contributed by atoms with van der Waals surface area (Å²) in [6, 6.07) is 8.62. The molecule has 0 spiro atoms. The van der Waals surface area contributed by atoms with Crippen LogP contribution in [-0.2, 0) is 0 Å². The van der Waals surface area contributed by atoms with Gasteiger partial charge in [0, 0.05) is 21.4 Å². The van der Waals surface area contributed by atoms with E-state index in [0.717, 1.165) is 17.5 Å². The number of halogens is 2. The van der Waals surface area contributed by atoms with Crippen LogP contribution in [0.25, 0.3) is 10.4 Å². The molecule has 1 aromatic carbocycles. The summed E-state index contributed by atoms with van der Waals surface area (Å²) in [7, 11) is 0. The van der Waals surface area contributed by atoms with Gasteiger partial charge in [-0.3, -0.25) is 0 Å². The first-order valence-corrected chi connectivity index (χ1v) is 7.80. The lowest BCUT2D eigenvalue weighted by Crippen LogP contribution is -2.21. The van der Waals surface area contributed by atoms with E-state index in [-0.39, 0.29) is 0 Å². The van der Waals surface area contributed by atoms with Crippen molar-refractivity contribution in [3.05, 3.63) is 46.8 Å². The zero-order chi connectivity index (χ0) is 14.1. The van der Waals surface area contributed by atoms with Crippen molar-refractivity contribution in [2.45, 2.75) is 25.8 Å². The van der Waals surface area contributed by atoms with Crippen molar-refractivity contribution in [3.63, 3.8) is 0 Å². The van der Waals surface area contributed by atoms with Crippen LogP contribution in [0.3, 0.4) is 0 Å². The Morgan fingerprint density at radius 3 is 2.75 bits per heavy atom. The fraction of sp³-hybridized carbons (Fsp3) is 0.375. The van der Waals surface area contributed by atoms with Gasteiger partial charge in [-0.15, -0.1) is 11.3 Å². The standard InChI is InChI=1S/C16H17F2NS/c1-2-19-16(10-6-7-10)14-9-8-13(20-14)11-4-3-5-12(17)15(11)18/h3-5,8-10,16,19H,2,6-7H2,1H3. The van der Waals surface area contributed by atoms with Crippen molar-refractivity contribution in [1.82, 2.24) is 5.32 Å². The monoisotopic (exact) mass is 293 g/mol. The highest BCUT2D eigenvalue weighted by atomic mass is 32.1. The molecular formula is C16H17F2NS. The molecule has 1 aliphatic rings. The van der Waals surface area contributed by atoms with Gasteiger partial charge >= 0.3 is 0 Å². The van der Waals surface area contributed by atoms with E-state index in [9.17, 15) is 8.78 Å². The number of nitrogens with one attached hydrogen (secondary N) is 1. The number of rotatable bonds is 5. The van der Waals surface area contributed by atoms with Crippen molar-refractivity contribution in [1.29, 1.82) is 0 Å². The zero-order valence-electron chi connectivity index (χ0n) is 11.3. The average Bonchev–Trinajstić information content (AvgIpc) is 3.17. The van der Waals surface area contributed by atoms with Gasteiger partial charge in [-0.25, -0.2) is 8.78 Å². The molecule has 0 aliphatic heterocycles. The summed E-state index contributed by atoms with van der Waals surface area (Å²) in [5, 5.41) is 3.49. The van der Waals surface area contributed by atoms with E-state index in [0.29, 0.717) is 17.5 Å². The summed E-state index contributed by atoms with van der Waals surface area (Å²) >= 11 is 1.56. The summed E-state index contributed by atoms with van der Waals surface area (Å²) in [6.45, 7) is 3.01. The van der Waals surface area contributed by atoms with Crippen LogP contribution in [0.1, 0.15) is 30.7 Å². The second kappa shape index (κ2) is 5.62. The highest BCUT2D eigenvalue weighted by Gasteiger charge is 2.32. The van der Waals surface area contributed by atoms with E-state index in [1.54, 1.807) is 23.5 Å². The Labute approximate surface area is 121 Å². The highest BCUT2D eigenvalue weighted by Crippen LogP contribution is 2.44. The minimum absolute atomic E-state index is 0.354. The lowest BCUT2D eigenvalue weighted by atomic mass is 10.1. The molecule has 1 heterocycles. The fourth-order valence-electron chi connectivity index (χ4n) is 2.51. The molecule has 0 bridgehead atoms. The van der Waals surface area contributed by atoms with Crippen LogP contribution in [0.4, 0.5) is 8.78 Å². The topological polar surface area (TPSA) is 12.0 Å². The molecule has 106 valence electrons. The average molecular weight is 293 g/mol. The second-order valence-corrected chi connectivity index (χ2v) is 6.29. The maximum Gasteiger partial charge on any atom is 0.167 e. The van der Waals surface area contributed by atoms with Crippen molar-refractivity contribution in [2.75, 3.05) is 6.54 Å². The van der Waals surface area contributed by atoms with Gasteiger partial charge in [-0.05, 0) is 43.5 Å². The number of hydrogen-bond donors (Lipinski definition) is 1. The molecule has 1 aromatic heterocycles. The van der Waals surface area contributed by atoms with Crippen LogP contribution in [-0.4, -0.2) is 6.54 Å². The number of hydrogen-bond acceptors (Lipinski definition) is 2. The van der Waals surface area contributed by atoms with Gasteiger partial charge in [0.1, 0.15) is 0 Å². The third kappa shape index (κ3) is 2.63. The maximum atomic E-state index is 13.8. The Morgan fingerprint density at radius 2 is 2.05 bits per heavy atom. The van der Waals surface area contributed by atoms with E-state index in [2.05, 4.69) is 12.2 Å². The van der Waals surface area contributed by atoms with Crippen LogP contribution in [0, 0.1) is 17.6 Å². The Hall–Kier alpha value is -1.26. The zero-order valence-corrected chi connectivity index (χ0v) is 12.1. The van der Waals surface area contributed by atoms with Crippen LogP contribution >= 0.6 is 11.3 Å². The van der Waals surface area contributed by atoms with E-state index in [4.69, 9.17) is 0 Å². The van der Waals surface area contributed by atoms with Crippen molar-refractivity contribution >= 4 is 11.3 Å². The Morgan fingerprint density at radius 1 is 1.25 bits per heavy atom. The second-order valence-electron chi connectivity index (χ2n) is 5.18. The molecule has 1 aliphatic carbocycles. The van der Waals surface area contributed by atoms with Gasteiger partial charge in [0.15, 0.2) is 11.6 Å². The van der Waals surface area contributed by atoms with Gasteiger partial charge in [-0.2, -0.15) is 0 Å². The Bertz CT molecular complexity index is 604. The van der Waals surface area contributed by atoms with Crippen LogP contribution in [0.5, 0.6) is 0 Å². The number of benzene rings is 1. The molecule has 1 atom stereocenters. The predicted octanol–water partition coefficient (Wildman–Crippen LogP) is 4.75. The molecule has 1 N–H and O–H groups in total. The Kier molecular flexibility index (Phi) is 3.85. The first-order valence-electron chi connectivity index (χ1n) is 6.98. The first-order chi connectivity index (χ1) is 9.70. The lowest BCUT2D eigenvalue weighted by molar-refractivity contribution is 0.504. The molecule has 1 unspecified atom stereocenters. The van der Waals surface area contributed by atoms with Gasteiger partial charge < -0.3 is 5.32 Å². The third-order valence-electron chi connectivity index (χ3n) is 3.67. The van der Waals surface area contributed by atoms with Gasteiger partial charge in [0.25, 0.3) is 0 Å².